The molecule has 3 heteroatoms. The van der Waals surface area contributed by atoms with Gasteiger partial charge in [0.2, 0.25) is 5.91 Å². The third kappa shape index (κ3) is 5.03. The van der Waals surface area contributed by atoms with Crippen LogP contribution in [0.1, 0.15) is 19.8 Å². The van der Waals surface area contributed by atoms with Gasteiger partial charge in [0.15, 0.2) is 0 Å². The number of carbonyl (C=O) groups is 1. The number of carbonyl (C=O) groups excluding carboxylic acids is 1. The van der Waals surface area contributed by atoms with Crippen LogP contribution < -0.4 is 5.32 Å². The largest absolute Gasteiger partial charge is 0.356 e. The van der Waals surface area contributed by atoms with Gasteiger partial charge < -0.3 is 5.32 Å². The maximum Gasteiger partial charge on any atom is 0.224 e. The molecule has 0 spiro atoms. The van der Waals surface area contributed by atoms with Crippen molar-refractivity contribution in [2.75, 3.05) is 12.4 Å². The second kappa shape index (κ2) is 7.00. The molecule has 2 nitrogen and oxygen atoms in total. The Kier molecular flexibility index (Phi) is 6.60. The van der Waals surface area contributed by atoms with Crippen molar-refractivity contribution in [3.63, 3.8) is 0 Å². The Morgan fingerprint density at radius 3 is 2.92 bits per heavy atom. The van der Waals surface area contributed by atoms with Crippen LogP contribution in [0, 0.1) is 18.3 Å². The van der Waals surface area contributed by atoms with Gasteiger partial charge in [0.05, 0.1) is 0 Å². The Balaban J connectivity index is 3.39. The van der Waals surface area contributed by atoms with Crippen molar-refractivity contribution in [2.45, 2.75) is 19.8 Å². The Hall–Kier alpha value is -0.680. The Morgan fingerprint density at radius 1 is 1.75 bits per heavy atom. The number of terminal acetylenes is 1. The molecule has 0 rings (SSSR count). The molecule has 0 saturated carbocycles. The van der Waals surface area contributed by atoms with Gasteiger partial charge in [0.1, 0.15) is 0 Å². The number of halogens is 1. The highest BCUT2D eigenvalue weighted by atomic mass is 35.5. The van der Waals surface area contributed by atoms with Crippen LogP contribution in [0.5, 0.6) is 0 Å². The van der Waals surface area contributed by atoms with E-state index in [2.05, 4.69) is 11.2 Å². The second-order valence-electron chi connectivity index (χ2n) is 2.65. The van der Waals surface area contributed by atoms with E-state index >= 15 is 0 Å². The Bertz CT molecular complexity index is 174. The molecule has 0 radical (unpaired) electrons. The zero-order chi connectivity index (χ0) is 9.40. The Labute approximate surface area is 78.7 Å². The molecule has 68 valence electrons. The first-order valence-corrected chi connectivity index (χ1v) is 4.53. The molecule has 0 aliphatic rings. The predicted molar refractivity (Wildman–Crippen MR) is 51.0 cm³/mol. The normalized spacial score (nSPS) is 11.8. The van der Waals surface area contributed by atoms with E-state index in [9.17, 15) is 4.79 Å². The van der Waals surface area contributed by atoms with Crippen molar-refractivity contribution in [3.05, 3.63) is 0 Å². The second-order valence-corrected chi connectivity index (χ2v) is 2.96. The summed E-state index contributed by atoms with van der Waals surface area (Å²) in [5, 5.41) is 2.75. The van der Waals surface area contributed by atoms with Crippen molar-refractivity contribution in [1.29, 1.82) is 0 Å². The molecular weight excluding hydrogens is 174 g/mol. The van der Waals surface area contributed by atoms with E-state index in [1.165, 1.54) is 0 Å². The van der Waals surface area contributed by atoms with E-state index in [1.54, 1.807) is 6.92 Å². The topological polar surface area (TPSA) is 29.1 Å². The van der Waals surface area contributed by atoms with Crippen LogP contribution in [-0.2, 0) is 4.79 Å². The van der Waals surface area contributed by atoms with E-state index in [0.29, 0.717) is 18.8 Å². The summed E-state index contributed by atoms with van der Waals surface area (Å²) in [5.74, 6) is 2.76. The highest BCUT2D eigenvalue weighted by Gasteiger charge is 2.09. The lowest BCUT2D eigenvalue weighted by Crippen LogP contribution is -2.30. The molecule has 0 fully saturated rings. The van der Waals surface area contributed by atoms with Gasteiger partial charge in [-0.2, -0.15) is 0 Å². The van der Waals surface area contributed by atoms with E-state index in [-0.39, 0.29) is 11.8 Å². The van der Waals surface area contributed by atoms with Gasteiger partial charge in [-0.05, 0) is 6.42 Å². The molecule has 1 N–H and O–H groups in total. The predicted octanol–water partition coefficient (Wildman–Crippen LogP) is 1.39. The summed E-state index contributed by atoms with van der Waals surface area (Å²) in [6, 6.07) is 0. The number of alkyl halides is 1. The third-order valence-electron chi connectivity index (χ3n) is 1.48. The molecule has 0 aliphatic heterocycles. The van der Waals surface area contributed by atoms with Crippen LogP contribution in [0.2, 0.25) is 0 Å². The summed E-state index contributed by atoms with van der Waals surface area (Å²) in [7, 11) is 0. The van der Waals surface area contributed by atoms with Gasteiger partial charge >= 0.3 is 0 Å². The smallest absolute Gasteiger partial charge is 0.224 e. The molecule has 0 saturated heterocycles. The van der Waals surface area contributed by atoms with Crippen LogP contribution in [0.4, 0.5) is 0 Å². The van der Waals surface area contributed by atoms with Crippen LogP contribution in [0.3, 0.4) is 0 Å². The Morgan fingerprint density at radius 2 is 2.42 bits per heavy atom. The molecule has 0 aromatic carbocycles. The average molecular weight is 188 g/mol. The number of rotatable bonds is 5. The molecule has 0 aromatic rings. The van der Waals surface area contributed by atoms with Gasteiger partial charge in [-0.1, -0.05) is 6.92 Å². The fourth-order valence-electron chi connectivity index (χ4n) is 0.646. The summed E-state index contributed by atoms with van der Waals surface area (Å²) in [4.78, 5) is 11.1. The first-order chi connectivity index (χ1) is 5.72. The standard InChI is InChI=1S/C9H14ClNO/c1-3-4-5-6-11-9(12)8(2)7-10/h1,8H,4-7H2,2H3,(H,11,12). The summed E-state index contributed by atoms with van der Waals surface area (Å²) in [6.07, 6.45) is 6.58. The monoisotopic (exact) mass is 187 g/mol. The minimum Gasteiger partial charge on any atom is -0.356 e. The molecule has 1 unspecified atom stereocenters. The van der Waals surface area contributed by atoms with Gasteiger partial charge in [0, 0.05) is 24.8 Å². The maximum absolute atomic E-state index is 11.1. The van der Waals surface area contributed by atoms with E-state index in [1.807, 2.05) is 0 Å². The van der Waals surface area contributed by atoms with Crippen LogP contribution in [-0.4, -0.2) is 18.3 Å². The number of hydrogen-bond donors (Lipinski definition) is 1. The quantitative estimate of drug-likeness (QED) is 0.394. The van der Waals surface area contributed by atoms with Crippen molar-refractivity contribution >= 4 is 17.5 Å². The lowest BCUT2D eigenvalue weighted by molar-refractivity contribution is -0.123. The summed E-state index contributed by atoms with van der Waals surface area (Å²) >= 11 is 5.49. The molecule has 0 aliphatic carbocycles. The number of nitrogens with one attached hydrogen (secondary N) is 1. The zero-order valence-corrected chi connectivity index (χ0v) is 8.03. The fraction of sp³-hybridized carbons (Fsp3) is 0.667. The molecule has 12 heavy (non-hydrogen) atoms. The van der Waals surface area contributed by atoms with Gasteiger partial charge in [0.25, 0.3) is 0 Å². The number of amides is 1. The summed E-state index contributed by atoms with van der Waals surface area (Å²) in [5.41, 5.74) is 0. The van der Waals surface area contributed by atoms with Crippen molar-refractivity contribution < 1.29 is 4.79 Å². The molecule has 0 bridgehead atoms. The van der Waals surface area contributed by atoms with Gasteiger partial charge in [-0.25, -0.2) is 0 Å². The fourth-order valence-corrected chi connectivity index (χ4v) is 0.786. The lowest BCUT2D eigenvalue weighted by atomic mass is 10.2. The third-order valence-corrected chi connectivity index (χ3v) is 1.94. The minimum atomic E-state index is -0.113. The zero-order valence-electron chi connectivity index (χ0n) is 7.27. The summed E-state index contributed by atoms with van der Waals surface area (Å²) in [6.45, 7) is 2.44. The van der Waals surface area contributed by atoms with Gasteiger partial charge in [-0.3, -0.25) is 4.79 Å². The lowest BCUT2D eigenvalue weighted by Gasteiger charge is -2.07. The van der Waals surface area contributed by atoms with Crippen LogP contribution >= 0.6 is 11.6 Å². The minimum absolute atomic E-state index is 0.00187. The van der Waals surface area contributed by atoms with Crippen LogP contribution in [0.15, 0.2) is 0 Å². The molecular formula is C9H14ClNO. The molecule has 0 aromatic heterocycles. The van der Waals surface area contributed by atoms with E-state index < -0.39 is 0 Å². The van der Waals surface area contributed by atoms with Crippen molar-refractivity contribution in [2.24, 2.45) is 5.92 Å². The number of hydrogen-bond acceptors (Lipinski definition) is 1. The van der Waals surface area contributed by atoms with Crippen molar-refractivity contribution in [1.82, 2.24) is 5.32 Å². The average Bonchev–Trinajstić information content (AvgIpc) is 2.10. The molecule has 1 amide bonds. The first-order valence-electron chi connectivity index (χ1n) is 3.99. The highest BCUT2D eigenvalue weighted by molar-refractivity contribution is 6.19. The van der Waals surface area contributed by atoms with E-state index in [4.69, 9.17) is 18.0 Å². The highest BCUT2D eigenvalue weighted by Crippen LogP contribution is 1.97. The van der Waals surface area contributed by atoms with Crippen LogP contribution in [0.25, 0.3) is 0 Å². The number of unbranched alkanes of at least 4 members (excludes halogenated alkanes) is 1. The molecule has 1 atom stereocenters. The first kappa shape index (κ1) is 11.3. The summed E-state index contributed by atoms with van der Waals surface area (Å²) < 4.78 is 0. The van der Waals surface area contributed by atoms with E-state index in [0.717, 1.165) is 6.42 Å². The molecule has 0 heterocycles. The maximum atomic E-state index is 11.1. The van der Waals surface area contributed by atoms with Gasteiger partial charge in [-0.15, -0.1) is 23.9 Å². The van der Waals surface area contributed by atoms with Crippen molar-refractivity contribution in [3.8, 4) is 12.3 Å². The SMILES string of the molecule is C#CCCCNC(=O)C(C)CCl.